The first-order valence-electron chi connectivity index (χ1n) is 9.61. The molecule has 1 amide bonds. The molecular formula is C20H22FN6O+. The topological polar surface area (TPSA) is 65.5 Å². The van der Waals surface area contributed by atoms with Crippen molar-refractivity contribution in [2.75, 3.05) is 19.6 Å². The van der Waals surface area contributed by atoms with Gasteiger partial charge in [0.15, 0.2) is 11.5 Å². The minimum atomic E-state index is -0.654. The molecule has 0 radical (unpaired) electrons. The molecule has 28 heavy (non-hydrogen) atoms. The van der Waals surface area contributed by atoms with Crippen LogP contribution in [-0.2, 0) is 17.0 Å². The number of rotatable bonds is 3. The largest absolute Gasteiger partial charge is 0.315 e. The maximum absolute atomic E-state index is 13.5. The number of amidine groups is 1. The fraction of sp³-hybridized carbons (Fsp3) is 0.400. The monoisotopic (exact) mass is 381 g/mol. The van der Waals surface area contributed by atoms with E-state index >= 15 is 0 Å². The third-order valence-corrected chi connectivity index (χ3v) is 5.87. The number of hydrogen-bond donors (Lipinski definition) is 1. The minimum absolute atomic E-state index is 0.0821. The molecule has 0 saturated carbocycles. The van der Waals surface area contributed by atoms with Crippen molar-refractivity contribution >= 4 is 23.8 Å². The summed E-state index contributed by atoms with van der Waals surface area (Å²) in [6, 6.07) is 6.33. The fourth-order valence-electron chi connectivity index (χ4n) is 4.22. The Labute approximate surface area is 162 Å². The lowest BCUT2D eigenvalue weighted by atomic mass is 10.1. The maximum atomic E-state index is 13.5. The van der Waals surface area contributed by atoms with Crippen LogP contribution in [0.3, 0.4) is 0 Å². The van der Waals surface area contributed by atoms with E-state index in [9.17, 15) is 9.18 Å². The molecule has 1 unspecified atom stereocenters. The highest BCUT2D eigenvalue weighted by molar-refractivity contribution is 5.98. The molecule has 3 aliphatic heterocycles. The Hall–Kier alpha value is -2.87. The van der Waals surface area contributed by atoms with Gasteiger partial charge in [-0.3, -0.25) is 14.7 Å². The van der Waals surface area contributed by atoms with E-state index in [1.807, 2.05) is 11.8 Å². The normalized spacial score (nSPS) is 24.8. The molecule has 1 N–H and O–H groups in total. The molecule has 0 aliphatic carbocycles. The maximum Gasteiger partial charge on any atom is 0.308 e. The smallest absolute Gasteiger partial charge is 0.308 e. The summed E-state index contributed by atoms with van der Waals surface area (Å²) >= 11 is 0. The van der Waals surface area contributed by atoms with Crippen molar-refractivity contribution in [2.24, 2.45) is 4.99 Å². The molecule has 1 atom stereocenters. The number of carbonyl (C=O) groups is 1. The Morgan fingerprint density at radius 2 is 2.11 bits per heavy atom. The summed E-state index contributed by atoms with van der Waals surface area (Å²) in [5.41, 5.74) is 0.877. The number of aliphatic imine (C=N–C) groups is 1. The standard InChI is InChI=1S/C20H22FN6O/c1-3-25-9-8-15(25)23-18-17(13-4-6-14(21)7-5-13)24-19-20(2)22-12-16(28)27(20)11-10-26(18)19/h4-7,9,22H,3,8,10-12H2,1-2H3/q+1. The minimum Gasteiger partial charge on any atom is -0.315 e. The third-order valence-electron chi connectivity index (χ3n) is 5.87. The number of fused-ring (bicyclic) bond motifs is 3. The van der Waals surface area contributed by atoms with E-state index in [2.05, 4.69) is 27.6 Å². The molecule has 1 aromatic heterocycles. The van der Waals surface area contributed by atoms with Crippen LogP contribution in [0.2, 0.25) is 0 Å². The van der Waals surface area contributed by atoms with Crippen LogP contribution in [0.15, 0.2) is 29.3 Å². The van der Waals surface area contributed by atoms with Crippen molar-refractivity contribution in [1.29, 1.82) is 0 Å². The van der Waals surface area contributed by atoms with E-state index in [0.29, 0.717) is 19.6 Å². The van der Waals surface area contributed by atoms with Gasteiger partial charge in [-0.15, -0.1) is 0 Å². The Morgan fingerprint density at radius 3 is 2.79 bits per heavy atom. The molecule has 4 heterocycles. The molecule has 1 fully saturated rings. The summed E-state index contributed by atoms with van der Waals surface area (Å²) in [6.07, 6.45) is 2.93. The van der Waals surface area contributed by atoms with E-state index in [4.69, 9.17) is 9.98 Å². The predicted octanol–water partition coefficient (Wildman–Crippen LogP) is 1.84. The lowest BCUT2D eigenvalue weighted by Crippen LogP contribution is -2.53. The Balaban J connectivity index is 1.70. The van der Waals surface area contributed by atoms with E-state index in [-0.39, 0.29) is 11.7 Å². The zero-order valence-electron chi connectivity index (χ0n) is 15.9. The number of benzene rings is 1. The molecule has 3 aliphatic rings. The van der Waals surface area contributed by atoms with Crippen LogP contribution < -0.4 is 5.32 Å². The van der Waals surface area contributed by atoms with E-state index < -0.39 is 5.66 Å². The number of amides is 1. The van der Waals surface area contributed by atoms with Gasteiger partial charge in [-0.2, -0.15) is 0 Å². The van der Waals surface area contributed by atoms with E-state index in [0.717, 1.165) is 41.7 Å². The molecule has 8 heteroatoms. The second-order valence-electron chi connectivity index (χ2n) is 7.44. The summed E-state index contributed by atoms with van der Waals surface area (Å²) in [5.74, 6) is 2.34. The second-order valence-corrected chi connectivity index (χ2v) is 7.44. The van der Waals surface area contributed by atoms with Crippen molar-refractivity contribution in [3.05, 3.63) is 35.9 Å². The van der Waals surface area contributed by atoms with Crippen LogP contribution in [0.25, 0.3) is 11.3 Å². The molecule has 0 bridgehead atoms. The lowest BCUT2D eigenvalue weighted by molar-refractivity contribution is -0.417. The Bertz CT molecular complexity index is 1040. The van der Waals surface area contributed by atoms with Crippen LogP contribution in [0.1, 0.15) is 26.1 Å². The van der Waals surface area contributed by atoms with Crippen LogP contribution in [-0.4, -0.2) is 56.6 Å². The van der Waals surface area contributed by atoms with Gasteiger partial charge in [0.05, 0.1) is 19.3 Å². The predicted molar refractivity (Wildman–Crippen MR) is 103 cm³/mol. The van der Waals surface area contributed by atoms with Gasteiger partial charge in [-0.05, 0) is 43.1 Å². The van der Waals surface area contributed by atoms with Gasteiger partial charge in [0.1, 0.15) is 17.9 Å². The molecule has 144 valence electrons. The van der Waals surface area contributed by atoms with Gasteiger partial charge in [0, 0.05) is 18.7 Å². The Morgan fingerprint density at radius 1 is 1.32 bits per heavy atom. The van der Waals surface area contributed by atoms with E-state index in [1.54, 1.807) is 12.1 Å². The highest BCUT2D eigenvalue weighted by Gasteiger charge is 2.49. The van der Waals surface area contributed by atoms with Crippen molar-refractivity contribution < 1.29 is 13.8 Å². The van der Waals surface area contributed by atoms with Gasteiger partial charge in [-0.25, -0.2) is 13.9 Å². The van der Waals surface area contributed by atoms with Crippen molar-refractivity contribution in [2.45, 2.75) is 32.5 Å². The number of nitrogens with zero attached hydrogens (tertiary/aromatic N) is 5. The highest BCUT2D eigenvalue weighted by Crippen LogP contribution is 2.40. The first-order valence-corrected chi connectivity index (χ1v) is 9.61. The fourth-order valence-corrected chi connectivity index (χ4v) is 4.22. The van der Waals surface area contributed by atoms with Crippen LogP contribution in [0.4, 0.5) is 10.2 Å². The quantitative estimate of drug-likeness (QED) is 0.826. The highest BCUT2D eigenvalue weighted by atomic mass is 19.1. The number of aromatic nitrogens is 2. The second kappa shape index (κ2) is 6.07. The van der Waals surface area contributed by atoms with Crippen LogP contribution in [0, 0.1) is 5.82 Å². The zero-order valence-corrected chi connectivity index (χ0v) is 15.9. The van der Waals surface area contributed by atoms with Gasteiger partial charge < -0.3 is 4.90 Å². The van der Waals surface area contributed by atoms with Crippen molar-refractivity contribution in [3.63, 3.8) is 0 Å². The molecule has 7 nitrogen and oxygen atoms in total. The number of carbonyl (C=O) groups excluding carboxylic acids is 1. The summed E-state index contributed by atoms with van der Waals surface area (Å²) in [6.45, 7) is 6.48. The average Bonchev–Trinajstić information content (AvgIpc) is 3.18. The number of hydrogen-bond acceptors (Lipinski definition) is 4. The first kappa shape index (κ1) is 17.2. The van der Waals surface area contributed by atoms with Gasteiger partial charge in [0.2, 0.25) is 5.91 Å². The molecule has 1 aromatic carbocycles. The van der Waals surface area contributed by atoms with Gasteiger partial charge in [-0.1, -0.05) is 0 Å². The number of imidazole rings is 1. The van der Waals surface area contributed by atoms with E-state index in [1.165, 1.54) is 12.1 Å². The summed E-state index contributed by atoms with van der Waals surface area (Å²) < 4.78 is 17.7. The Kier molecular flexibility index (Phi) is 3.74. The first-order chi connectivity index (χ1) is 13.5. The molecule has 2 aromatic rings. The zero-order chi connectivity index (χ0) is 19.5. The third kappa shape index (κ3) is 2.37. The van der Waals surface area contributed by atoms with Crippen molar-refractivity contribution in [1.82, 2.24) is 19.8 Å². The average molecular weight is 381 g/mol. The molecular weight excluding hydrogens is 359 g/mol. The van der Waals surface area contributed by atoms with Gasteiger partial charge >= 0.3 is 5.84 Å². The summed E-state index contributed by atoms with van der Waals surface area (Å²) in [4.78, 5) is 24.0. The summed E-state index contributed by atoms with van der Waals surface area (Å²) in [5, 5.41) is 3.31. The summed E-state index contributed by atoms with van der Waals surface area (Å²) in [7, 11) is 0. The molecule has 1 saturated heterocycles. The molecule has 0 spiro atoms. The lowest BCUT2D eigenvalue weighted by Gasteiger charge is -2.38. The van der Waals surface area contributed by atoms with Crippen molar-refractivity contribution in [3.8, 4) is 11.3 Å². The molecule has 5 rings (SSSR count). The number of halogens is 1. The van der Waals surface area contributed by atoms with Crippen LogP contribution in [0.5, 0.6) is 0 Å². The SMILES string of the molecule is CC[N+]1=CCC1=Nc1c(-c2ccc(F)cc2)nc2n1CCN1C(=O)CNC21C. The van der Waals surface area contributed by atoms with Crippen LogP contribution >= 0.6 is 0 Å². The van der Waals surface area contributed by atoms with Gasteiger partial charge in [0.25, 0.3) is 5.82 Å². The number of nitrogens with one attached hydrogen (secondary N) is 1.